The number of sulfonamides is 1. The van der Waals surface area contributed by atoms with Crippen LogP contribution in [0.5, 0.6) is 0 Å². The average Bonchev–Trinajstić information content (AvgIpc) is 2.95. The second-order valence-electron chi connectivity index (χ2n) is 4.17. The van der Waals surface area contributed by atoms with Gasteiger partial charge in [-0.05, 0) is 22.9 Å². The Balaban J connectivity index is 2.26. The third kappa shape index (κ3) is 3.12. The summed E-state index contributed by atoms with van der Waals surface area (Å²) < 4.78 is 31.6. The van der Waals surface area contributed by atoms with E-state index in [-0.39, 0.29) is 22.7 Å². The molecule has 2 aromatic rings. The van der Waals surface area contributed by atoms with Gasteiger partial charge in [0, 0.05) is 18.5 Å². The number of hydrogen-bond acceptors (Lipinski definition) is 6. The van der Waals surface area contributed by atoms with Crippen LogP contribution in [-0.2, 0) is 23.1 Å². The van der Waals surface area contributed by atoms with Gasteiger partial charge in [0.25, 0.3) is 0 Å². The summed E-state index contributed by atoms with van der Waals surface area (Å²) >= 11 is 4.60. The molecule has 9 heteroatoms. The van der Waals surface area contributed by atoms with E-state index in [1.54, 1.807) is 0 Å². The quantitative estimate of drug-likeness (QED) is 0.858. The Hall–Kier alpha value is -0.740. The summed E-state index contributed by atoms with van der Waals surface area (Å²) in [6.07, 6.45) is 0. The van der Waals surface area contributed by atoms with Crippen LogP contribution in [0.4, 0.5) is 0 Å². The lowest BCUT2D eigenvalue weighted by molar-refractivity contribution is 0.455. The molecule has 2 aromatic heterocycles. The molecule has 0 saturated heterocycles. The lowest BCUT2D eigenvalue weighted by Gasteiger charge is -2.14. The van der Waals surface area contributed by atoms with Crippen molar-refractivity contribution in [2.24, 2.45) is 5.73 Å². The van der Waals surface area contributed by atoms with Crippen LogP contribution < -0.4 is 5.73 Å². The molecule has 0 aliphatic heterocycles. The van der Waals surface area contributed by atoms with Crippen LogP contribution in [0.3, 0.4) is 0 Å². The molecule has 0 bridgehead atoms. The maximum Gasteiger partial charge on any atom is 0.247 e. The van der Waals surface area contributed by atoms with Crippen LogP contribution in [0.15, 0.2) is 25.4 Å². The van der Waals surface area contributed by atoms with E-state index >= 15 is 0 Å². The fourth-order valence-corrected chi connectivity index (χ4v) is 4.34. The van der Waals surface area contributed by atoms with Crippen molar-refractivity contribution in [3.05, 3.63) is 32.6 Å². The lowest BCUT2D eigenvalue weighted by Crippen LogP contribution is -2.26. The highest BCUT2D eigenvalue weighted by Gasteiger charge is 2.27. The van der Waals surface area contributed by atoms with Crippen molar-refractivity contribution in [2.75, 3.05) is 7.05 Å². The van der Waals surface area contributed by atoms with Crippen molar-refractivity contribution >= 4 is 37.3 Å². The van der Waals surface area contributed by atoms with E-state index in [9.17, 15) is 8.42 Å². The third-order valence-corrected chi connectivity index (χ3v) is 6.13. The summed E-state index contributed by atoms with van der Waals surface area (Å²) in [6.45, 7) is 2.23. The van der Waals surface area contributed by atoms with Gasteiger partial charge in [0.05, 0.1) is 23.8 Å². The standard InChI is InChI=1S/C11H14BrN3O3S2/c1-7-14-8(6-19-7)5-15(2)20(16,17)10-3-9(4-13)18-11(10)12/h3,6H,4-5,13H2,1-2H3. The van der Waals surface area contributed by atoms with Gasteiger partial charge in [-0.25, -0.2) is 13.4 Å². The SMILES string of the molecule is Cc1nc(CN(C)S(=O)(=O)c2cc(CN)oc2Br)cs1. The minimum Gasteiger partial charge on any atom is -0.452 e. The van der Waals surface area contributed by atoms with Crippen molar-refractivity contribution in [1.29, 1.82) is 0 Å². The van der Waals surface area contributed by atoms with Gasteiger partial charge < -0.3 is 10.2 Å². The molecule has 0 amide bonds. The highest BCUT2D eigenvalue weighted by molar-refractivity contribution is 9.10. The van der Waals surface area contributed by atoms with Crippen molar-refractivity contribution < 1.29 is 12.8 Å². The van der Waals surface area contributed by atoms with Gasteiger partial charge >= 0.3 is 0 Å². The highest BCUT2D eigenvalue weighted by Crippen LogP contribution is 2.28. The van der Waals surface area contributed by atoms with Crippen molar-refractivity contribution in [1.82, 2.24) is 9.29 Å². The predicted molar refractivity (Wildman–Crippen MR) is 79.8 cm³/mol. The van der Waals surface area contributed by atoms with E-state index in [4.69, 9.17) is 10.2 Å². The van der Waals surface area contributed by atoms with Crippen LogP contribution in [0.1, 0.15) is 16.5 Å². The molecule has 0 spiro atoms. The number of halogens is 1. The molecular formula is C11H14BrN3O3S2. The zero-order valence-corrected chi connectivity index (χ0v) is 14.2. The Morgan fingerprint density at radius 1 is 1.55 bits per heavy atom. The Morgan fingerprint density at radius 2 is 2.25 bits per heavy atom. The van der Waals surface area contributed by atoms with E-state index < -0.39 is 10.0 Å². The molecule has 6 nitrogen and oxygen atoms in total. The second-order valence-corrected chi connectivity index (χ2v) is 7.97. The number of rotatable bonds is 5. The van der Waals surface area contributed by atoms with Crippen LogP contribution >= 0.6 is 27.3 Å². The number of aromatic nitrogens is 1. The fraction of sp³-hybridized carbons (Fsp3) is 0.364. The summed E-state index contributed by atoms with van der Waals surface area (Å²) in [7, 11) is -2.14. The second kappa shape index (κ2) is 5.94. The minimum absolute atomic E-state index is 0.0763. The number of thiazole rings is 1. The van der Waals surface area contributed by atoms with Crippen LogP contribution in [0.25, 0.3) is 0 Å². The largest absolute Gasteiger partial charge is 0.452 e. The van der Waals surface area contributed by atoms with Crippen molar-refractivity contribution in [2.45, 2.75) is 24.9 Å². The summed E-state index contributed by atoms with van der Waals surface area (Å²) in [4.78, 5) is 4.34. The van der Waals surface area contributed by atoms with E-state index in [1.807, 2.05) is 12.3 Å². The fourth-order valence-electron chi connectivity index (χ4n) is 1.64. The molecule has 2 rings (SSSR count). The van der Waals surface area contributed by atoms with E-state index in [1.165, 1.54) is 28.8 Å². The number of aryl methyl sites for hydroxylation is 1. The Bertz CT molecular complexity index is 708. The van der Waals surface area contributed by atoms with Gasteiger partial charge in [0.1, 0.15) is 10.7 Å². The van der Waals surface area contributed by atoms with Crippen LogP contribution in [0.2, 0.25) is 0 Å². The predicted octanol–water partition coefficient (Wildman–Crippen LogP) is 2.09. The topological polar surface area (TPSA) is 89.4 Å². The first-order chi connectivity index (χ1) is 9.34. The van der Waals surface area contributed by atoms with E-state index in [0.717, 1.165) is 10.7 Å². The number of nitrogens with two attached hydrogens (primary N) is 1. The maximum atomic E-state index is 12.5. The molecule has 0 fully saturated rings. The van der Waals surface area contributed by atoms with Gasteiger partial charge in [0.15, 0.2) is 4.67 Å². The molecular weight excluding hydrogens is 366 g/mol. The summed E-state index contributed by atoms with van der Waals surface area (Å²) in [5.74, 6) is 0.411. The molecule has 0 atom stereocenters. The smallest absolute Gasteiger partial charge is 0.247 e. The first-order valence-corrected chi connectivity index (χ1v) is 8.81. The zero-order chi connectivity index (χ0) is 14.9. The molecule has 0 aliphatic rings. The average molecular weight is 380 g/mol. The molecule has 110 valence electrons. The molecule has 0 aliphatic carbocycles. The van der Waals surface area contributed by atoms with E-state index in [0.29, 0.717) is 5.76 Å². The lowest BCUT2D eigenvalue weighted by atomic mass is 10.5. The summed E-state index contributed by atoms with van der Waals surface area (Å²) in [6, 6.07) is 1.43. The number of hydrogen-bond donors (Lipinski definition) is 1. The monoisotopic (exact) mass is 379 g/mol. The molecule has 0 saturated carbocycles. The molecule has 20 heavy (non-hydrogen) atoms. The van der Waals surface area contributed by atoms with Crippen molar-refractivity contribution in [3.63, 3.8) is 0 Å². The zero-order valence-electron chi connectivity index (χ0n) is 11.0. The Kier molecular flexibility index (Phi) is 4.65. The maximum absolute atomic E-state index is 12.5. The van der Waals surface area contributed by atoms with Gasteiger partial charge in [-0.15, -0.1) is 11.3 Å². The summed E-state index contributed by atoms with van der Waals surface area (Å²) in [5, 5.41) is 2.75. The molecule has 0 aromatic carbocycles. The molecule has 0 unspecified atom stereocenters. The van der Waals surface area contributed by atoms with Crippen LogP contribution in [0, 0.1) is 6.92 Å². The van der Waals surface area contributed by atoms with Gasteiger partial charge in [-0.2, -0.15) is 4.31 Å². The molecule has 0 radical (unpaired) electrons. The highest BCUT2D eigenvalue weighted by atomic mass is 79.9. The van der Waals surface area contributed by atoms with Crippen molar-refractivity contribution in [3.8, 4) is 0 Å². The normalized spacial score (nSPS) is 12.2. The van der Waals surface area contributed by atoms with E-state index in [2.05, 4.69) is 20.9 Å². The van der Waals surface area contributed by atoms with Gasteiger partial charge in [-0.1, -0.05) is 0 Å². The first kappa shape index (κ1) is 15.6. The number of furan rings is 1. The van der Waals surface area contributed by atoms with Crippen LogP contribution in [-0.4, -0.2) is 24.8 Å². The Labute approximate surface area is 129 Å². The van der Waals surface area contributed by atoms with Gasteiger partial charge in [0.2, 0.25) is 10.0 Å². The Morgan fingerprint density at radius 3 is 2.75 bits per heavy atom. The minimum atomic E-state index is -3.65. The number of nitrogens with zero attached hydrogens (tertiary/aromatic N) is 2. The summed E-state index contributed by atoms with van der Waals surface area (Å²) in [5.41, 5.74) is 6.17. The van der Waals surface area contributed by atoms with Gasteiger partial charge in [-0.3, -0.25) is 0 Å². The molecule has 2 heterocycles. The molecule has 2 N–H and O–H groups in total. The first-order valence-electron chi connectivity index (χ1n) is 5.70. The third-order valence-electron chi connectivity index (χ3n) is 2.65.